The predicted molar refractivity (Wildman–Crippen MR) is 65.1 cm³/mol. The van der Waals surface area contributed by atoms with Gasteiger partial charge in [0.1, 0.15) is 5.52 Å². The molecule has 0 aliphatic rings. The molecule has 0 bridgehead atoms. The van der Waals surface area contributed by atoms with E-state index in [9.17, 15) is 9.90 Å². The molecule has 2 N–H and O–H groups in total. The van der Waals surface area contributed by atoms with Crippen molar-refractivity contribution in [2.75, 3.05) is 0 Å². The number of nitrogens with zero attached hydrogens (tertiary/aromatic N) is 1. The van der Waals surface area contributed by atoms with Crippen molar-refractivity contribution in [1.82, 2.24) is 9.61 Å². The number of aromatic nitrogens is 2. The summed E-state index contributed by atoms with van der Waals surface area (Å²) < 4.78 is 1.50. The lowest BCUT2D eigenvalue weighted by atomic mass is 10.1. The zero-order chi connectivity index (χ0) is 11.8. The van der Waals surface area contributed by atoms with Gasteiger partial charge < -0.3 is 5.11 Å². The van der Waals surface area contributed by atoms with E-state index in [-0.39, 0.29) is 11.3 Å². The fraction of sp³-hybridized carbons (Fsp3) is 0. The van der Waals surface area contributed by atoms with E-state index < -0.39 is 0 Å². The van der Waals surface area contributed by atoms with Crippen LogP contribution in [0, 0.1) is 0 Å². The first kappa shape index (κ1) is 9.72. The van der Waals surface area contributed by atoms with Gasteiger partial charge in [-0.15, -0.1) is 0 Å². The van der Waals surface area contributed by atoms with Crippen LogP contribution in [0.4, 0.5) is 0 Å². The molecule has 0 spiro atoms. The Kier molecular flexibility index (Phi) is 2.01. The van der Waals surface area contributed by atoms with Crippen LogP contribution >= 0.6 is 0 Å². The largest absolute Gasteiger partial charge is 0.505 e. The molecule has 1 aromatic carbocycles. The summed E-state index contributed by atoms with van der Waals surface area (Å²) in [6.07, 6.45) is 1.69. The van der Waals surface area contributed by atoms with Gasteiger partial charge >= 0.3 is 0 Å². The fourth-order valence-corrected chi connectivity index (χ4v) is 1.94. The number of H-pyrrole nitrogens is 1. The Morgan fingerprint density at radius 2 is 1.82 bits per heavy atom. The van der Waals surface area contributed by atoms with Crippen molar-refractivity contribution >= 4 is 5.52 Å². The number of rotatable bonds is 1. The summed E-state index contributed by atoms with van der Waals surface area (Å²) in [5.41, 5.74) is 1.28. The van der Waals surface area contributed by atoms with Crippen LogP contribution in [0.2, 0.25) is 0 Å². The molecule has 0 aliphatic carbocycles. The maximum Gasteiger partial charge on any atom is 0.274 e. The zero-order valence-corrected chi connectivity index (χ0v) is 8.92. The minimum absolute atomic E-state index is 0.00458. The standard InChI is InChI=1S/C13H10N2O2/c16-12-10-7-4-8-15(10)14-13(17)11(12)9-5-2-1-3-6-9/h1-8,16H,(H,14,17). The van der Waals surface area contributed by atoms with Gasteiger partial charge in [-0.25, -0.2) is 0 Å². The molecule has 0 fully saturated rings. The normalized spacial score (nSPS) is 10.8. The zero-order valence-electron chi connectivity index (χ0n) is 8.92. The third-order valence-corrected chi connectivity index (χ3v) is 2.74. The molecule has 2 aromatic heterocycles. The molecular weight excluding hydrogens is 216 g/mol. The molecule has 2 heterocycles. The van der Waals surface area contributed by atoms with Gasteiger partial charge in [0.05, 0.1) is 5.56 Å². The smallest absolute Gasteiger partial charge is 0.274 e. The van der Waals surface area contributed by atoms with Crippen LogP contribution in [0.1, 0.15) is 0 Å². The molecule has 0 radical (unpaired) electrons. The molecule has 0 aliphatic heterocycles. The Morgan fingerprint density at radius 3 is 2.59 bits per heavy atom. The summed E-state index contributed by atoms with van der Waals surface area (Å²) in [4.78, 5) is 11.9. The number of fused-ring (bicyclic) bond motifs is 1. The number of aromatic amines is 1. The number of hydrogen-bond acceptors (Lipinski definition) is 2. The van der Waals surface area contributed by atoms with E-state index in [4.69, 9.17) is 0 Å². The monoisotopic (exact) mass is 226 g/mol. The summed E-state index contributed by atoms with van der Waals surface area (Å²) in [5.74, 6) is 0.00458. The predicted octanol–water partition coefficient (Wildman–Crippen LogP) is 2.00. The summed E-state index contributed by atoms with van der Waals surface area (Å²) in [6, 6.07) is 12.6. The molecule has 4 heteroatoms. The molecule has 0 amide bonds. The third kappa shape index (κ3) is 1.42. The average molecular weight is 226 g/mol. The lowest BCUT2D eigenvalue weighted by Gasteiger charge is -2.05. The van der Waals surface area contributed by atoms with Crippen LogP contribution in [0.5, 0.6) is 5.75 Å². The highest BCUT2D eigenvalue weighted by Crippen LogP contribution is 2.28. The quantitative estimate of drug-likeness (QED) is 0.666. The Hall–Kier alpha value is -2.49. The van der Waals surface area contributed by atoms with E-state index in [1.54, 1.807) is 30.5 Å². The Bertz CT molecular complexity index is 726. The molecular formula is C13H10N2O2. The van der Waals surface area contributed by atoms with Crippen molar-refractivity contribution < 1.29 is 5.11 Å². The van der Waals surface area contributed by atoms with Gasteiger partial charge in [-0.2, -0.15) is 0 Å². The van der Waals surface area contributed by atoms with E-state index >= 15 is 0 Å². The molecule has 0 saturated carbocycles. The van der Waals surface area contributed by atoms with Crippen molar-refractivity contribution in [2.24, 2.45) is 0 Å². The van der Waals surface area contributed by atoms with Gasteiger partial charge in [0, 0.05) is 6.20 Å². The lowest BCUT2D eigenvalue weighted by molar-refractivity contribution is 0.478. The van der Waals surface area contributed by atoms with Gasteiger partial charge in [0.2, 0.25) is 0 Å². The first-order valence-corrected chi connectivity index (χ1v) is 5.25. The van der Waals surface area contributed by atoms with Crippen molar-refractivity contribution in [2.45, 2.75) is 0 Å². The molecule has 84 valence electrons. The highest BCUT2D eigenvalue weighted by atomic mass is 16.3. The molecule has 3 aromatic rings. The molecule has 0 saturated heterocycles. The molecule has 4 nitrogen and oxygen atoms in total. The van der Waals surface area contributed by atoms with Gasteiger partial charge in [-0.05, 0) is 17.7 Å². The Balaban J connectivity index is 2.40. The minimum Gasteiger partial charge on any atom is -0.505 e. The van der Waals surface area contributed by atoms with Crippen molar-refractivity contribution in [1.29, 1.82) is 0 Å². The maximum atomic E-state index is 11.9. The highest BCUT2D eigenvalue weighted by Gasteiger charge is 2.12. The summed E-state index contributed by atoms with van der Waals surface area (Å²) in [5, 5.41) is 12.8. The molecule has 3 rings (SSSR count). The second-order valence-corrected chi connectivity index (χ2v) is 3.79. The van der Waals surface area contributed by atoms with Crippen molar-refractivity contribution in [3.05, 3.63) is 59.0 Å². The van der Waals surface area contributed by atoms with Crippen LogP contribution in [-0.2, 0) is 0 Å². The second-order valence-electron chi connectivity index (χ2n) is 3.79. The van der Waals surface area contributed by atoms with Crippen LogP contribution in [-0.4, -0.2) is 14.7 Å². The van der Waals surface area contributed by atoms with Gasteiger partial charge in [-0.1, -0.05) is 30.3 Å². The summed E-state index contributed by atoms with van der Waals surface area (Å²) >= 11 is 0. The van der Waals surface area contributed by atoms with Gasteiger partial charge in [-0.3, -0.25) is 14.4 Å². The van der Waals surface area contributed by atoms with Crippen molar-refractivity contribution in [3.63, 3.8) is 0 Å². The summed E-state index contributed by atoms with van der Waals surface area (Å²) in [7, 11) is 0. The fourth-order valence-electron chi connectivity index (χ4n) is 1.94. The number of nitrogens with one attached hydrogen (secondary N) is 1. The van der Waals surface area contributed by atoms with Crippen LogP contribution < -0.4 is 5.56 Å². The Labute approximate surface area is 96.8 Å². The average Bonchev–Trinajstić information content (AvgIpc) is 2.78. The van der Waals surface area contributed by atoms with Crippen LogP contribution in [0.15, 0.2) is 53.5 Å². The van der Waals surface area contributed by atoms with E-state index in [1.807, 2.05) is 18.2 Å². The highest BCUT2D eigenvalue weighted by molar-refractivity contribution is 5.77. The minimum atomic E-state index is -0.308. The van der Waals surface area contributed by atoms with Gasteiger partial charge in [0.15, 0.2) is 5.75 Å². The second kappa shape index (κ2) is 3.52. The topological polar surface area (TPSA) is 57.5 Å². The maximum absolute atomic E-state index is 11.9. The lowest BCUT2D eigenvalue weighted by Crippen LogP contribution is -2.13. The molecule has 0 unspecified atom stereocenters. The number of benzene rings is 1. The van der Waals surface area contributed by atoms with Gasteiger partial charge in [0.25, 0.3) is 5.56 Å². The van der Waals surface area contributed by atoms with E-state index in [0.717, 1.165) is 0 Å². The van der Waals surface area contributed by atoms with E-state index in [1.165, 1.54) is 4.52 Å². The first-order valence-electron chi connectivity index (χ1n) is 5.25. The third-order valence-electron chi connectivity index (χ3n) is 2.74. The Morgan fingerprint density at radius 1 is 1.06 bits per heavy atom. The van der Waals surface area contributed by atoms with E-state index in [2.05, 4.69) is 5.10 Å². The number of aromatic hydroxyl groups is 1. The van der Waals surface area contributed by atoms with Crippen LogP contribution in [0.3, 0.4) is 0 Å². The number of hydrogen-bond donors (Lipinski definition) is 2. The first-order chi connectivity index (χ1) is 8.27. The van der Waals surface area contributed by atoms with Crippen LogP contribution in [0.25, 0.3) is 16.6 Å². The summed E-state index contributed by atoms with van der Waals surface area (Å²) in [6.45, 7) is 0. The SMILES string of the molecule is O=c1[nH]n2cccc2c(O)c1-c1ccccc1. The van der Waals surface area contributed by atoms with Crippen molar-refractivity contribution in [3.8, 4) is 16.9 Å². The molecule has 17 heavy (non-hydrogen) atoms. The van der Waals surface area contributed by atoms with E-state index in [0.29, 0.717) is 16.6 Å². The molecule has 0 atom stereocenters.